The first kappa shape index (κ1) is 23.6. The third-order valence-electron chi connectivity index (χ3n) is 6.33. The second-order valence-electron chi connectivity index (χ2n) is 8.72. The summed E-state index contributed by atoms with van der Waals surface area (Å²) in [7, 11) is 0. The molecule has 1 saturated heterocycles. The number of benzene rings is 1. The van der Waals surface area contributed by atoms with Crippen LogP contribution in [0, 0.1) is 19.7 Å². The van der Waals surface area contributed by atoms with Gasteiger partial charge in [-0.1, -0.05) is 11.8 Å². The summed E-state index contributed by atoms with van der Waals surface area (Å²) in [5.74, 6) is 1.45. The number of carbonyl (C=O) groups is 1. The molecule has 4 aromatic rings. The third-order valence-corrected chi connectivity index (χ3v) is 7.30. The van der Waals surface area contributed by atoms with Gasteiger partial charge in [0.15, 0.2) is 16.8 Å². The number of carbonyl (C=O) groups excluding carboxylic acids is 1. The number of ketones is 1. The minimum absolute atomic E-state index is 0.0313. The molecular formula is C26H27FN4O3S. The molecule has 1 aliphatic rings. The zero-order valence-electron chi connectivity index (χ0n) is 19.7. The van der Waals surface area contributed by atoms with Crippen molar-refractivity contribution in [2.75, 3.05) is 12.4 Å². The molecule has 5 rings (SSSR count). The number of rotatable bonds is 9. The molecule has 1 aromatic carbocycles. The lowest BCUT2D eigenvalue weighted by Gasteiger charge is -2.14. The number of Topliss-reactive ketones (excluding diaryl/α,β-unsaturated/α-hetero) is 1. The summed E-state index contributed by atoms with van der Waals surface area (Å²) in [6.45, 7) is 5.87. The monoisotopic (exact) mass is 494 g/mol. The molecule has 1 atom stereocenters. The van der Waals surface area contributed by atoms with E-state index in [2.05, 4.69) is 14.8 Å². The molecule has 0 bridgehead atoms. The lowest BCUT2D eigenvalue weighted by atomic mass is 10.2. The van der Waals surface area contributed by atoms with E-state index in [-0.39, 0.29) is 23.5 Å². The van der Waals surface area contributed by atoms with Gasteiger partial charge in [-0.25, -0.2) is 4.39 Å². The zero-order valence-corrected chi connectivity index (χ0v) is 20.6. The van der Waals surface area contributed by atoms with Gasteiger partial charge >= 0.3 is 0 Å². The van der Waals surface area contributed by atoms with E-state index < -0.39 is 0 Å². The fourth-order valence-electron chi connectivity index (χ4n) is 4.46. The lowest BCUT2D eigenvalue weighted by molar-refractivity contribution is 0.0953. The van der Waals surface area contributed by atoms with Crippen LogP contribution in [0.15, 0.2) is 58.3 Å². The van der Waals surface area contributed by atoms with Gasteiger partial charge < -0.3 is 13.7 Å². The number of hydrogen-bond donors (Lipinski definition) is 0. The highest BCUT2D eigenvalue weighted by Crippen LogP contribution is 2.28. The summed E-state index contributed by atoms with van der Waals surface area (Å²) < 4.78 is 28.9. The Bertz CT molecular complexity index is 1310. The molecular weight excluding hydrogens is 467 g/mol. The van der Waals surface area contributed by atoms with Crippen LogP contribution < -0.4 is 0 Å². The van der Waals surface area contributed by atoms with E-state index >= 15 is 0 Å². The maximum atomic E-state index is 13.5. The highest BCUT2D eigenvalue weighted by molar-refractivity contribution is 7.99. The second-order valence-corrected chi connectivity index (χ2v) is 9.66. The van der Waals surface area contributed by atoms with Gasteiger partial charge in [-0.15, -0.1) is 10.2 Å². The van der Waals surface area contributed by atoms with Crippen LogP contribution in [-0.4, -0.2) is 43.6 Å². The first-order chi connectivity index (χ1) is 17.0. The number of aromatic nitrogens is 4. The predicted octanol–water partition coefficient (Wildman–Crippen LogP) is 5.30. The molecule has 9 heteroatoms. The Morgan fingerprint density at radius 2 is 2.00 bits per heavy atom. The standard InChI is InChI=1S/C26H27FN4O3S/c1-17-13-23(18(2)30(17)14-21-5-3-11-33-21)24(32)16-35-26-29-28-25(19-7-9-20(27)10-8-19)31(26)15-22-6-4-12-34-22/h3,5,7-11,13,22H,4,6,12,14-16H2,1-2H3/t22-/m1/s1. The van der Waals surface area contributed by atoms with Crippen molar-refractivity contribution in [1.82, 2.24) is 19.3 Å². The molecule has 35 heavy (non-hydrogen) atoms. The van der Waals surface area contributed by atoms with Crippen LogP contribution in [0.5, 0.6) is 0 Å². The zero-order chi connectivity index (χ0) is 24.4. The molecule has 0 amide bonds. The highest BCUT2D eigenvalue weighted by atomic mass is 32.2. The molecule has 182 valence electrons. The summed E-state index contributed by atoms with van der Waals surface area (Å²) in [6.07, 6.45) is 3.71. The average molecular weight is 495 g/mol. The molecule has 1 aliphatic heterocycles. The van der Waals surface area contributed by atoms with Crippen molar-refractivity contribution in [3.8, 4) is 11.4 Å². The summed E-state index contributed by atoms with van der Waals surface area (Å²) in [5.41, 5.74) is 3.40. The minimum Gasteiger partial charge on any atom is -0.467 e. The van der Waals surface area contributed by atoms with Crippen LogP contribution in [0.4, 0.5) is 4.39 Å². The van der Waals surface area contributed by atoms with Crippen LogP contribution in [0.3, 0.4) is 0 Å². The van der Waals surface area contributed by atoms with Gasteiger partial charge in [-0.3, -0.25) is 9.36 Å². The summed E-state index contributed by atoms with van der Waals surface area (Å²) in [5, 5.41) is 9.40. The van der Waals surface area contributed by atoms with E-state index in [1.54, 1.807) is 18.4 Å². The average Bonchev–Trinajstić information content (AvgIpc) is 3.65. The van der Waals surface area contributed by atoms with E-state index in [1.165, 1.54) is 23.9 Å². The first-order valence-electron chi connectivity index (χ1n) is 11.7. The number of ether oxygens (including phenoxy) is 1. The molecule has 1 fully saturated rings. The van der Waals surface area contributed by atoms with Crippen molar-refractivity contribution in [1.29, 1.82) is 0 Å². The van der Waals surface area contributed by atoms with Crippen molar-refractivity contribution in [2.24, 2.45) is 0 Å². The van der Waals surface area contributed by atoms with Crippen molar-refractivity contribution < 1.29 is 18.3 Å². The van der Waals surface area contributed by atoms with E-state index in [0.29, 0.717) is 29.6 Å². The van der Waals surface area contributed by atoms with E-state index in [4.69, 9.17) is 9.15 Å². The largest absolute Gasteiger partial charge is 0.467 e. The van der Waals surface area contributed by atoms with Crippen molar-refractivity contribution in [3.05, 3.63) is 77.3 Å². The fraction of sp³-hybridized carbons (Fsp3) is 0.346. The Morgan fingerprint density at radius 3 is 2.71 bits per heavy atom. The van der Waals surface area contributed by atoms with Gasteiger partial charge in [-0.05, 0) is 69.2 Å². The normalized spacial score (nSPS) is 15.7. The summed E-state index contributed by atoms with van der Waals surface area (Å²) >= 11 is 1.36. The fourth-order valence-corrected chi connectivity index (χ4v) is 5.29. The van der Waals surface area contributed by atoms with Crippen LogP contribution in [0.2, 0.25) is 0 Å². The van der Waals surface area contributed by atoms with E-state index in [9.17, 15) is 9.18 Å². The second kappa shape index (κ2) is 10.2. The quantitative estimate of drug-likeness (QED) is 0.232. The number of halogens is 1. The van der Waals surface area contributed by atoms with Crippen LogP contribution in [0.1, 0.15) is 40.3 Å². The Labute approximate surface area is 207 Å². The number of aryl methyl sites for hydroxylation is 1. The van der Waals surface area contributed by atoms with Gasteiger partial charge in [0.2, 0.25) is 0 Å². The summed E-state index contributed by atoms with van der Waals surface area (Å²) in [4.78, 5) is 13.2. The molecule has 0 spiro atoms. The minimum atomic E-state index is -0.302. The molecule has 0 unspecified atom stereocenters. The summed E-state index contributed by atoms with van der Waals surface area (Å²) in [6, 6.07) is 11.9. The van der Waals surface area contributed by atoms with Crippen molar-refractivity contribution >= 4 is 17.5 Å². The predicted molar refractivity (Wildman–Crippen MR) is 131 cm³/mol. The maximum absolute atomic E-state index is 13.5. The molecule has 0 saturated carbocycles. The molecule has 4 heterocycles. The van der Waals surface area contributed by atoms with Crippen molar-refractivity contribution in [2.45, 2.75) is 51.0 Å². The number of nitrogens with zero attached hydrogens (tertiary/aromatic N) is 4. The lowest BCUT2D eigenvalue weighted by Crippen LogP contribution is -2.17. The number of hydrogen-bond acceptors (Lipinski definition) is 6. The Hall–Kier alpha value is -3.17. The molecule has 0 aliphatic carbocycles. The van der Waals surface area contributed by atoms with Gasteiger partial charge in [0, 0.05) is 29.1 Å². The van der Waals surface area contributed by atoms with Gasteiger partial charge in [-0.2, -0.15) is 0 Å². The van der Waals surface area contributed by atoms with E-state index in [1.807, 2.05) is 36.6 Å². The number of furan rings is 1. The molecule has 3 aromatic heterocycles. The van der Waals surface area contributed by atoms with Crippen LogP contribution >= 0.6 is 11.8 Å². The Morgan fingerprint density at radius 1 is 1.17 bits per heavy atom. The van der Waals surface area contributed by atoms with Gasteiger partial charge in [0.05, 0.1) is 31.2 Å². The Balaban J connectivity index is 1.35. The third kappa shape index (κ3) is 5.11. The van der Waals surface area contributed by atoms with E-state index in [0.717, 1.165) is 42.2 Å². The van der Waals surface area contributed by atoms with Crippen molar-refractivity contribution in [3.63, 3.8) is 0 Å². The molecule has 0 N–H and O–H groups in total. The SMILES string of the molecule is Cc1cc(C(=O)CSc2nnc(-c3ccc(F)cc3)n2C[C@H]2CCCO2)c(C)n1Cc1ccco1. The number of thioether (sulfide) groups is 1. The highest BCUT2D eigenvalue weighted by Gasteiger charge is 2.23. The molecule has 7 nitrogen and oxygen atoms in total. The van der Waals surface area contributed by atoms with Crippen LogP contribution in [-0.2, 0) is 17.8 Å². The topological polar surface area (TPSA) is 75.1 Å². The van der Waals surface area contributed by atoms with Gasteiger partial charge in [0.25, 0.3) is 0 Å². The smallest absolute Gasteiger partial charge is 0.192 e. The first-order valence-corrected chi connectivity index (χ1v) is 12.6. The maximum Gasteiger partial charge on any atom is 0.192 e. The van der Waals surface area contributed by atoms with Crippen LogP contribution in [0.25, 0.3) is 11.4 Å². The van der Waals surface area contributed by atoms with Gasteiger partial charge in [0.1, 0.15) is 11.6 Å². The Kier molecular flexibility index (Phi) is 6.88. The molecule has 0 radical (unpaired) electrons.